The zero-order chi connectivity index (χ0) is 19.6. The van der Waals surface area contributed by atoms with Crippen LogP contribution in [0.1, 0.15) is 19.8 Å². The monoisotopic (exact) mass is 386 g/mol. The lowest BCUT2D eigenvalue weighted by Crippen LogP contribution is -2.69. The molecule has 2 nitrogen and oxygen atoms in total. The molecule has 0 radical (unpaired) electrons. The van der Waals surface area contributed by atoms with E-state index >= 15 is 0 Å². The van der Waals surface area contributed by atoms with Gasteiger partial charge >= 0.3 is 5.97 Å². The van der Waals surface area contributed by atoms with Crippen molar-refractivity contribution in [3.63, 3.8) is 0 Å². The maximum absolute atomic E-state index is 12.0. The molecule has 142 valence electrons. The van der Waals surface area contributed by atoms with Gasteiger partial charge in [0.25, 0.3) is 0 Å². The minimum Gasteiger partial charge on any atom is -0.481 e. The lowest BCUT2D eigenvalue weighted by atomic mass is 9.62. The molecule has 28 heavy (non-hydrogen) atoms. The number of hydrogen-bond donors (Lipinski definition) is 1. The fourth-order valence-electron chi connectivity index (χ4n) is 4.78. The number of carboxylic acid groups (broad SMARTS) is 1. The highest BCUT2D eigenvalue weighted by atomic mass is 28.3. The van der Waals surface area contributed by atoms with Crippen molar-refractivity contribution >= 4 is 29.6 Å². The van der Waals surface area contributed by atoms with E-state index in [9.17, 15) is 9.90 Å². The SMILES string of the molecule is C[C@]1(C(=O)O)CC[C@@H]1C[Si](c1ccccc1)(c1ccccc1)c1ccccc1. The van der Waals surface area contributed by atoms with Crippen LogP contribution in [0.3, 0.4) is 0 Å². The summed E-state index contributed by atoms with van der Waals surface area (Å²) in [6.07, 6.45) is 1.76. The van der Waals surface area contributed by atoms with Crippen molar-refractivity contribution in [2.24, 2.45) is 11.3 Å². The van der Waals surface area contributed by atoms with Crippen LogP contribution < -0.4 is 15.6 Å². The topological polar surface area (TPSA) is 37.3 Å². The van der Waals surface area contributed by atoms with Crippen molar-refractivity contribution in [1.29, 1.82) is 0 Å². The summed E-state index contributed by atoms with van der Waals surface area (Å²) >= 11 is 0. The minimum atomic E-state index is -2.35. The Morgan fingerprint density at radius 3 is 1.54 bits per heavy atom. The van der Waals surface area contributed by atoms with E-state index in [0.29, 0.717) is 0 Å². The average molecular weight is 387 g/mol. The van der Waals surface area contributed by atoms with Crippen LogP contribution in [0.4, 0.5) is 0 Å². The van der Waals surface area contributed by atoms with E-state index in [1.165, 1.54) is 15.6 Å². The molecule has 3 aromatic rings. The second-order valence-electron chi connectivity index (χ2n) is 8.17. The molecular formula is C25H26O2Si. The predicted molar refractivity (Wildman–Crippen MR) is 117 cm³/mol. The Balaban J connectivity index is 1.93. The minimum absolute atomic E-state index is 0.192. The van der Waals surface area contributed by atoms with Gasteiger partial charge in [-0.25, -0.2) is 0 Å². The Morgan fingerprint density at radius 2 is 1.25 bits per heavy atom. The van der Waals surface area contributed by atoms with Crippen molar-refractivity contribution in [3.05, 3.63) is 91.0 Å². The van der Waals surface area contributed by atoms with Gasteiger partial charge in [0.2, 0.25) is 0 Å². The maximum atomic E-state index is 12.0. The largest absolute Gasteiger partial charge is 0.481 e. The highest BCUT2D eigenvalue weighted by Crippen LogP contribution is 2.50. The molecule has 0 unspecified atom stereocenters. The fraction of sp³-hybridized carbons (Fsp3) is 0.240. The molecule has 0 saturated heterocycles. The number of hydrogen-bond acceptors (Lipinski definition) is 1. The lowest BCUT2D eigenvalue weighted by Gasteiger charge is -2.48. The Kier molecular flexibility index (Phi) is 4.94. The number of benzene rings is 3. The fourth-order valence-corrected chi connectivity index (χ4v) is 10.2. The van der Waals surface area contributed by atoms with Gasteiger partial charge in [-0.05, 0) is 47.3 Å². The quantitative estimate of drug-likeness (QED) is 0.519. The molecule has 0 bridgehead atoms. The smallest absolute Gasteiger partial charge is 0.309 e. The van der Waals surface area contributed by atoms with Gasteiger partial charge in [-0.15, -0.1) is 0 Å². The number of carboxylic acids is 1. The molecule has 1 fully saturated rings. The van der Waals surface area contributed by atoms with E-state index in [1.807, 2.05) is 6.92 Å². The van der Waals surface area contributed by atoms with E-state index in [0.717, 1.165) is 18.9 Å². The van der Waals surface area contributed by atoms with Crippen molar-refractivity contribution in [1.82, 2.24) is 0 Å². The Hall–Kier alpha value is -2.65. The van der Waals surface area contributed by atoms with Crippen LogP contribution in [-0.2, 0) is 4.79 Å². The molecule has 4 rings (SSSR count). The van der Waals surface area contributed by atoms with Gasteiger partial charge in [-0.2, -0.15) is 0 Å². The molecule has 0 aromatic heterocycles. The van der Waals surface area contributed by atoms with Gasteiger partial charge < -0.3 is 5.11 Å². The van der Waals surface area contributed by atoms with Crippen molar-refractivity contribution < 1.29 is 9.90 Å². The number of rotatable bonds is 6. The normalized spacial score (nSPS) is 21.7. The summed E-state index contributed by atoms with van der Waals surface area (Å²) in [7, 11) is -2.35. The van der Waals surface area contributed by atoms with Crippen LogP contribution in [0.25, 0.3) is 0 Å². The van der Waals surface area contributed by atoms with Crippen molar-refractivity contribution in [3.8, 4) is 0 Å². The van der Waals surface area contributed by atoms with Gasteiger partial charge in [0.1, 0.15) is 8.07 Å². The van der Waals surface area contributed by atoms with Crippen LogP contribution in [0, 0.1) is 11.3 Å². The molecule has 1 aliphatic rings. The van der Waals surface area contributed by atoms with Crippen molar-refractivity contribution in [2.45, 2.75) is 25.8 Å². The van der Waals surface area contributed by atoms with E-state index in [1.54, 1.807) is 0 Å². The first-order valence-corrected chi connectivity index (χ1v) is 12.2. The van der Waals surface area contributed by atoms with Gasteiger partial charge in [-0.3, -0.25) is 4.79 Å². The first-order valence-electron chi connectivity index (χ1n) is 9.97. The molecular weight excluding hydrogens is 360 g/mol. The van der Waals surface area contributed by atoms with Gasteiger partial charge in [0.15, 0.2) is 0 Å². The Morgan fingerprint density at radius 1 is 0.857 bits per heavy atom. The Bertz CT molecular complexity index is 843. The third kappa shape index (κ3) is 3.00. The van der Waals surface area contributed by atoms with Crippen LogP contribution in [0.15, 0.2) is 91.0 Å². The zero-order valence-electron chi connectivity index (χ0n) is 16.2. The van der Waals surface area contributed by atoms with Crippen LogP contribution in [0.2, 0.25) is 6.04 Å². The van der Waals surface area contributed by atoms with E-state index in [4.69, 9.17) is 0 Å². The molecule has 0 amide bonds. The van der Waals surface area contributed by atoms with Gasteiger partial charge in [0.05, 0.1) is 5.41 Å². The van der Waals surface area contributed by atoms with Crippen LogP contribution in [0.5, 0.6) is 0 Å². The molecule has 0 heterocycles. The second kappa shape index (κ2) is 7.40. The number of carbonyl (C=O) groups is 1. The van der Waals surface area contributed by atoms with Gasteiger partial charge in [0, 0.05) is 0 Å². The van der Waals surface area contributed by atoms with E-state index < -0.39 is 19.5 Å². The first-order chi connectivity index (χ1) is 13.6. The molecule has 1 saturated carbocycles. The summed E-state index contributed by atoms with van der Waals surface area (Å²) in [6, 6.07) is 33.2. The molecule has 1 aliphatic carbocycles. The third-order valence-corrected chi connectivity index (χ3v) is 11.8. The zero-order valence-corrected chi connectivity index (χ0v) is 17.2. The van der Waals surface area contributed by atoms with Crippen LogP contribution >= 0.6 is 0 Å². The summed E-state index contributed by atoms with van der Waals surface area (Å²) in [4.78, 5) is 12.0. The summed E-state index contributed by atoms with van der Waals surface area (Å²) in [5, 5.41) is 13.9. The highest BCUT2D eigenvalue weighted by Gasteiger charge is 2.53. The summed E-state index contributed by atoms with van der Waals surface area (Å²) in [5.41, 5.74) is -0.614. The highest BCUT2D eigenvalue weighted by molar-refractivity contribution is 7.11. The predicted octanol–water partition coefficient (Wildman–Crippen LogP) is 3.66. The molecule has 2 atom stereocenters. The Labute approximate surface area is 167 Å². The molecule has 0 aliphatic heterocycles. The summed E-state index contributed by atoms with van der Waals surface area (Å²) < 4.78 is 0. The van der Waals surface area contributed by atoms with Gasteiger partial charge in [-0.1, -0.05) is 91.0 Å². The molecule has 3 aromatic carbocycles. The average Bonchev–Trinajstić information content (AvgIpc) is 2.75. The standard InChI is InChI=1S/C25H26O2Si/c1-25(24(26)27)18-17-20(25)19-28(21-11-5-2-6-12-21,22-13-7-3-8-14-22)23-15-9-4-10-16-23/h2-16,20H,17-19H2,1H3,(H,26,27)/t20-,25+/m1/s1. The molecule has 0 spiro atoms. The van der Waals surface area contributed by atoms with Crippen LogP contribution in [-0.4, -0.2) is 19.1 Å². The molecule has 3 heteroatoms. The van der Waals surface area contributed by atoms with E-state index in [2.05, 4.69) is 91.0 Å². The summed E-state index contributed by atoms with van der Waals surface area (Å²) in [6.45, 7) is 1.93. The molecule has 1 N–H and O–H groups in total. The number of aliphatic carboxylic acids is 1. The maximum Gasteiger partial charge on any atom is 0.309 e. The summed E-state index contributed by atoms with van der Waals surface area (Å²) in [5.74, 6) is -0.460. The lowest BCUT2D eigenvalue weighted by molar-refractivity contribution is -0.158. The van der Waals surface area contributed by atoms with Crippen molar-refractivity contribution in [2.75, 3.05) is 0 Å². The second-order valence-corrected chi connectivity index (χ2v) is 12.1. The third-order valence-electron chi connectivity index (χ3n) is 6.75. The first kappa shape index (κ1) is 18.7. The van der Waals surface area contributed by atoms with E-state index in [-0.39, 0.29) is 5.92 Å².